The van der Waals surface area contributed by atoms with Gasteiger partial charge in [0.05, 0.1) is 4.90 Å². The second kappa shape index (κ2) is 6.60. The number of ether oxygens (including phenoxy) is 1. The summed E-state index contributed by atoms with van der Waals surface area (Å²) in [4.78, 5) is 0.279. The topological polar surface area (TPSA) is 55.4 Å². The molecular formula is C15H16BrNO3S. The quantitative estimate of drug-likeness (QED) is 0.877. The minimum Gasteiger partial charge on any atom is -0.457 e. The van der Waals surface area contributed by atoms with Crippen LogP contribution in [0.15, 0.2) is 51.8 Å². The van der Waals surface area contributed by atoms with Crippen LogP contribution in [-0.4, -0.2) is 21.7 Å². The lowest BCUT2D eigenvalue weighted by Gasteiger charge is -2.12. The van der Waals surface area contributed by atoms with Crippen molar-refractivity contribution in [3.8, 4) is 11.5 Å². The maximum atomic E-state index is 11.4. The van der Waals surface area contributed by atoms with Gasteiger partial charge >= 0.3 is 0 Å². The first kappa shape index (κ1) is 16.0. The molecule has 0 heterocycles. The average Bonchev–Trinajstić information content (AvgIpc) is 2.42. The summed E-state index contributed by atoms with van der Waals surface area (Å²) < 4.78 is 29.7. The zero-order chi connectivity index (χ0) is 15.5. The lowest BCUT2D eigenvalue weighted by molar-refractivity contribution is 0.473. The van der Waals surface area contributed by atoms with Crippen LogP contribution in [-0.2, 0) is 16.4 Å². The number of sulfone groups is 1. The average molecular weight is 370 g/mol. The Morgan fingerprint density at radius 3 is 2.38 bits per heavy atom. The van der Waals surface area contributed by atoms with Crippen molar-refractivity contribution in [2.24, 2.45) is 0 Å². The highest BCUT2D eigenvalue weighted by Crippen LogP contribution is 2.28. The van der Waals surface area contributed by atoms with E-state index in [1.54, 1.807) is 24.3 Å². The van der Waals surface area contributed by atoms with Gasteiger partial charge in [0.1, 0.15) is 11.5 Å². The van der Waals surface area contributed by atoms with E-state index in [-0.39, 0.29) is 4.90 Å². The number of hydrogen-bond donors (Lipinski definition) is 1. The molecule has 0 aliphatic heterocycles. The zero-order valence-electron chi connectivity index (χ0n) is 11.8. The molecule has 2 aromatic carbocycles. The molecule has 0 amide bonds. The van der Waals surface area contributed by atoms with Crippen molar-refractivity contribution >= 4 is 25.8 Å². The molecule has 2 aromatic rings. The second-order valence-electron chi connectivity index (χ2n) is 4.63. The molecule has 0 atom stereocenters. The van der Waals surface area contributed by atoms with E-state index in [1.165, 1.54) is 6.26 Å². The van der Waals surface area contributed by atoms with Gasteiger partial charge < -0.3 is 10.1 Å². The minimum absolute atomic E-state index is 0.279. The molecule has 0 aromatic heterocycles. The zero-order valence-corrected chi connectivity index (χ0v) is 14.2. The highest BCUT2D eigenvalue weighted by Gasteiger charge is 2.08. The van der Waals surface area contributed by atoms with E-state index >= 15 is 0 Å². The minimum atomic E-state index is -3.19. The number of benzene rings is 2. The lowest BCUT2D eigenvalue weighted by atomic mass is 10.2. The predicted molar refractivity (Wildman–Crippen MR) is 86.5 cm³/mol. The van der Waals surface area contributed by atoms with Gasteiger partial charge in [0.2, 0.25) is 0 Å². The van der Waals surface area contributed by atoms with Gasteiger partial charge in [-0.05, 0) is 49.5 Å². The summed E-state index contributed by atoms with van der Waals surface area (Å²) in [5, 5.41) is 3.09. The number of rotatable bonds is 5. The molecule has 0 radical (unpaired) electrons. The SMILES string of the molecule is CNCc1cc(Br)ccc1Oc1ccc(S(C)(=O)=O)cc1. The van der Waals surface area contributed by atoms with Gasteiger partial charge in [-0.25, -0.2) is 8.42 Å². The van der Waals surface area contributed by atoms with E-state index in [9.17, 15) is 8.42 Å². The molecular weight excluding hydrogens is 354 g/mol. The van der Waals surface area contributed by atoms with Crippen LogP contribution >= 0.6 is 15.9 Å². The maximum absolute atomic E-state index is 11.4. The van der Waals surface area contributed by atoms with Gasteiger partial charge in [-0.15, -0.1) is 0 Å². The van der Waals surface area contributed by atoms with E-state index in [2.05, 4.69) is 21.2 Å². The normalized spacial score (nSPS) is 11.4. The number of hydrogen-bond acceptors (Lipinski definition) is 4. The first-order chi connectivity index (χ1) is 9.90. The molecule has 0 saturated carbocycles. The maximum Gasteiger partial charge on any atom is 0.175 e. The van der Waals surface area contributed by atoms with E-state index in [1.807, 2.05) is 25.2 Å². The van der Waals surface area contributed by atoms with Crippen LogP contribution in [0, 0.1) is 0 Å². The third kappa shape index (κ3) is 4.30. The van der Waals surface area contributed by atoms with E-state index in [0.29, 0.717) is 12.3 Å². The summed E-state index contributed by atoms with van der Waals surface area (Å²) in [6.45, 7) is 0.677. The highest BCUT2D eigenvalue weighted by atomic mass is 79.9. The molecule has 21 heavy (non-hydrogen) atoms. The fourth-order valence-corrected chi connectivity index (χ4v) is 2.90. The van der Waals surface area contributed by atoms with Crippen molar-refractivity contribution in [3.05, 3.63) is 52.5 Å². The molecule has 0 unspecified atom stereocenters. The molecule has 112 valence electrons. The Morgan fingerprint density at radius 2 is 1.81 bits per heavy atom. The Hall–Kier alpha value is -1.37. The van der Waals surface area contributed by atoms with Gasteiger partial charge in [0, 0.05) is 22.8 Å². The van der Waals surface area contributed by atoms with Crippen molar-refractivity contribution in [2.75, 3.05) is 13.3 Å². The highest BCUT2D eigenvalue weighted by molar-refractivity contribution is 9.10. The van der Waals surface area contributed by atoms with Crippen LogP contribution in [0.2, 0.25) is 0 Å². The van der Waals surface area contributed by atoms with Crippen LogP contribution < -0.4 is 10.1 Å². The first-order valence-corrected chi connectivity index (χ1v) is 8.99. The van der Waals surface area contributed by atoms with Gasteiger partial charge in [-0.2, -0.15) is 0 Å². The summed E-state index contributed by atoms with van der Waals surface area (Å²) in [7, 11) is -1.32. The fraction of sp³-hybridized carbons (Fsp3) is 0.200. The van der Waals surface area contributed by atoms with Crippen LogP contribution in [0.3, 0.4) is 0 Å². The third-order valence-corrected chi connectivity index (χ3v) is 4.49. The second-order valence-corrected chi connectivity index (χ2v) is 7.56. The molecule has 6 heteroatoms. The van der Waals surface area contributed by atoms with E-state index < -0.39 is 9.84 Å². The van der Waals surface area contributed by atoms with Gasteiger partial charge in [0.15, 0.2) is 9.84 Å². The molecule has 0 fully saturated rings. The molecule has 0 saturated heterocycles. The molecule has 2 rings (SSSR count). The molecule has 4 nitrogen and oxygen atoms in total. The van der Waals surface area contributed by atoms with Gasteiger partial charge in [-0.1, -0.05) is 15.9 Å². The van der Waals surface area contributed by atoms with Crippen LogP contribution in [0.5, 0.6) is 11.5 Å². The van der Waals surface area contributed by atoms with Crippen molar-refractivity contribution < 1.29 is 13.2 Å². The van der Waals surface area contributed by atoms with Gasteiger partial charge in [0.25, 0.3) is 0 Å². The van der Waals surface area contributed by atoms with Crippen molar-refractivity contribution in [3.63, 3.8) is 0 Å². The van der Waals surface area contributed by atoms with E-state index in [0.717, 1.165) is 15.8 Å². The van der Waals surface area contributed by atoms with Crippen molar-refractivity contribution in [2.45, 2.75) is 11.4 Å². The summed E-state index contributed by atoms with van der Waals surface area (Å²) in [6, 6.07) is 12.2. The Bertz CT molecular complexity index is 727. The lowest BCUT2D eigenvalue weighted by Crippen LogP contribution is -2.06. The number of halogens is 1. The van der Waals surface area contributed by atoms with Crippen LogP contribution in [0.25, 0.3) is 0 Å². The Balaban J connectivity index is 2.26. The summed E-state index contributed by atoms with van der Waals surface area (Å²) in [5.74, 6) is 1.33. The molecule has 0 bridgehead atoms. The molecule has 0 aliphatic rings. The summed E-state index contributed by atoms with van der Waals surface area (Å²) in [5.41, 5.74) is 1.01. The fourth-order valence-electron chi connectivity index (χ4n) is 1.86. The van der Waals surface area contributed by atoms with Gasteiger partial charge in [-0.3, -0.25) is 0 Å². The first-order valence-electron chi connectivity index (χ1n) is 6.31. The van der Waals surface area contributed by atoms with E-state index in [4.69, 9.17) is 4.74 Å². The third-order valence-electron chi connectivity index (χ3n) is 2.87. The Labute approximate surface area is 133 Å². The Morgan fingerprint density at radius 1 is 1.14 bits per heavy atom. The molecule has 1 N–H and O–H groups in total. The predicted octanol–water partition coefficient (Wildman–Crippen LogP) is 3.36. The number of nitrogens with one attached hydrogen (secondary N) is 1. The molecule has 0 aliphatic carbocycles. The summed E-state index contributed by atoms with van der Waals surface area (Å²) >= 11 is 3.43. The van der Waals surface area contributed by atoms with Crippen LogP contribution in [0.4, 0.5) is 0 Å². The monoisotopic (exact) mass is 369 g/mol. The van der Waals surface area contributed by atoms with Crippen molar-refractivity contribution in [1.29, 1.82) is 0 Å². The standard InChI is InChI=1S/C15H16BrNO3S/c1-17-10-11-9-12(16)3-8-15(11)20-13-4-6-14(7-5-13)21(2,18)19/h3-9,17H,10H2,1-2H3. The summed E-state index contributed by atoms with van der Waals surface area (Å²) in [6.07, 6.45) is 1.18. The largest absolute Gasteiger partial charge is 0.457 e. The van der Waals surface area contributed by atoms with Crippen molar-refractivity contribution in [1.82, 2.24) is 5.32 Å². The smallest absolute Gasteiger partial charge is 0.175 e. The molecule has 0 spiro atoms. The van der Waals surface area contributed by atoms with Crippen LogP contribution in [0.1, 0.15) is 5.56 Å². The Kier molecular flexibility index (Phi) is 5.03.